The summed E-state index contributed by atoms with van der Waals surface area (Å²) in [5.74, 6) is -1.27. The summed E-state index contributed by atoms with van der Waals surface area (Å²) in [7, 11) is 0. The van der Waals surface area contributed by atoms with E-state index < -0.39 is 17.9 Å². The number of benzene rings is 2. The minimum absolute atomic E-state index is 0.149. The Morgan fingerprint density at radius 3 is 2.39 bits per heavy atom. The number of carbonyl (C=O) groups is 1. The first-order valence-corrected chi connectivity index (χ1v) is 9.80. The predicted octanol–water partition coefficient (Wildman–Crippen LogP) is 4.62. The van der Waals surface area contributed by atoms with Crippen molar-refractivity contribution in [3.63, 3.8) is 0 Å². The minimum atomic E-state index is -1.02. The van der Waals surface area contributed by atoms with Crippen LogP contribution in [0.1, 0.15) is 40.2 Å². The van der Waals surface area contributed by atoms with Gasteiger partial charge in [-0.25, -0.2) is 18.6 Å². The van der Waals surface area contributed by atoms with Crippen LogP contribution in [-0.4, -0.2) is 27.2 Å². The van der Waals surface area contributed by atoms with Crippen LogP contribution in [0.4, 0.5) is 8.78 Å². The first-order chi connectivity index (χ1) is 15.0. The molecule has 7 heteroatoms. The van der Waals surface area contributed by atoms with Gasteiger partial charge in [0.1, 0.15) is 23.4 Å². The summed E-state index contributed by atoms with van der Waals surface area (Å²) in [5.41, 5.74) is 2.74. The first-order valence-electron chi connectivity index (χ1n) is 9.80. The summed E-state index contributed by atoms with van der Waals surface area (Å²) in [6.07, 6.45) is 2.26. The average molecular weight is 422 g/mol. The molecule has 0 unspecified atom stereocenters. The number of aliphatic hydroxyl groups excluding tert-OH is 1. The highest BCUT2D eigenvalue weighted by Crippen LogP contribution is 2.31. The third kappa shape index (κ3) is 4.32. The second kappa shape index (κ2) is 8.65. The standard InChI is InChI=1S/C24H20F2N2O3/c1-2-31-24(30)21-11-22-19(12-27-21)20(23(29)16-5-9-18(26)10-6-16)14-28(22)13-15-3-7-17(25)8-4-15/h3-12,14,23,29H,2,13H2,1H3/t23-/m0/s1. The lowest BCUT2D eigenvalue weighted by molar-refractivity contribution is 0.0519. The van der Waals surface area contributed by atoms with E-state index in [0.717, 1.165) is 5.56 Å². The molecule has 2 aromatic heterocycles. The molecule has 0 radical (unpaired) electrons. The molecule has 0 spiro atoms. The Morgan fingerprint density at radius 1 is 1.10 bits per heavy atom. The van der Waals surface area contributed by atoms with E-state index in [2.05, 4.69) is 4.98 Å². The Balaban J connectivity index is 1.81. The Bertz CT molecular complexity index is 1220. The Hall–Kier alpha value is -3.58. The van der Waals surface area contributed by atoms with E-state index >= 15 is 0 Å². The van der Waals surface area contributed by atoms with Gasteiger partial charge < -0.3 is 14.4 Å². The molecule has 2 aromatic carbocycles. The molecule has 0 saturated carbocycles. The molecule has 31 heavy (non-hydrogen) atoms. The fourth-order valence-electron chi connectivity index (χ4n) is 3.49. The second-order valence-electron chi connectivity index (χ2n) is 7.10. The van der Waals surface area contributed by atoms with Crippen molar-refractivity contribution in [2.75, 3.05) is 6.61 Å². The van der Waals surface area contributed by atoms with Gasteiger partial charge in [0.2, 0.25) is 0 Å². The van der Waals surface area contributed by atoms with Gasteiger partial charge in [-0.15, -0.1) is 0 Å². The van der Waals surface area contributed by atoms with Crippen molar-refractivity contribution in [3.05, 3.63) is 101 Å². The van der Waals surface area contributed by atoms with E-state index in [4.69, 9.17) is 4.74 Å². The SMILES string of the molecule is CCOC(=O)c1cc2c(cn1)c([C@@H](O)c1ccc(F)cc1)cn2Cc1ccc(F)cc1. The molecular formula is C24H20F2N2O3. The number of hydrogen-bond donors (Lipinski definition) is 1. The Labute approximate surface area is 177 Å². The van der Waals surface area contributed by atoms with Crippen LogP contribution in [0.15, 0.2) is 67.0 Å². The molecular weight excluding hydrogens is 402 g/mol. The van der Waals surface area contributed by atoms with Crippen molar-refractivity contribution in [2.24, 2.45) is 0 Å². The fraction of sp³-hybridized carbons (Fsp3) is 0.167. The van der Waals surface area contributed by atoms with Gasteiger partial charge in [0.15, 0.2) is 0 Å². The highest BCUT2D eigenvalue weighted by atomic mass is 19.1. The number of aliphatic hydroxyl groups is 1. The number of aromatic nitrogens is 2. The lowest BCUT2D eigenvalue weighted by Crippen LogP contribution is -2.07. The number of hydrogen-bond acceptors (Lipinski definition) is 4. The number of fused-ring (bicyclic) bond motifs is 1. The van der Waals surface area contributed by atoms with Crippen LogP contribution in [0.25, 0.3) is 10.9 Å². The highest BCUT2D eigenvalue weighted by Gasteiger charge is 2.20. The molecule has 1 N–H and O–H groups in total. The zero-order valence-electron chi connectivity index (χ0n) is 16.8. The van der Waals surface area contributed by atoms with E-state index in [1.54, 1.807) is 31.3 Å². The molecule has 4 rings (SSSR count). The summed E-state index contributed by atoms with van der Waals surface area (Å²) in [4.78, 5) is 16.4. The number of ether oxygens (including phenoxy) is 1. The quantitative estimate of drug-likeness (QED) is 0.461. The van der Waals surface area contributed by atoms with E-state index in [0.29, 0.717) is 28.6 Å². The van der Waals surface area contributed by atoms with Gasteiger partial charge in [-0.1, -0.05) is 24.3 Å². The number of esters is 1. The van der Waals surface area contributed by atoms with Crippen LogP contribution < -0.4 is 0 Å². The summed E-state index contributed by atoms with van der Waals surface area (Å²) >= 11 is 0. The zero-order valence-corrected chi connectivity index (χ0v) is 16.8. The van der Waals surface area contributed by atoms with Crippen LogP contribution >= 0.6 is 0 Å². The van der Waals surface area contributed by atoms with Crippen molar-refractivity contribution in [1.29, 1.82) is 0 Å². The molecule has 2 heterocycles. The van der Waals surface area contributed by atoms with Gasteiger partial charge in [-0.2, -0.15) is 0 Å². The summed E-state index contributed by atoms with van der Waals surface area (Å²) in [6, 6.07) is 13.3. The lowest BCUT2D eigenvalue weighted by Gasteiger charge is -2.10. The summed E-state index contributed by atoms with van der Waals surface area (Å²) < 4.78 is 33.5. The molecule has 0 aliphatic rings. The van der Waals surface area contributed by atoms with E-state index in [9.17, 15) is 18.7 Å². The van der Waals surface area contributed by atoms with Crippen LogP contribution in [0, 0.1) is 11.6 Å². The van der Waals surface area contributed by atoms with Crippen molar-refractivity contribution in [1.82, 2.24) is 9.55 Å². The van der Waals surface area contributed by atoms with E-state index in [1.165, 1.54) is 42.6 Å². The molecule has 0 aliphatic heterocycles. The third-order valence-corrected chi connectivity index (χ3v) is 5.03. The number of halogens is 2. The predicted molar refractivity (Wildman–Crippen MR) is 112 cm³/mol. The monoisotopic (exact) mass is 422 g/mol. The van der Waals surface area contributed by atoms with Gasteiger partial charge in [0.05, 0.1) is 12.1 Å². The molecule has 0 fully saturated rings. The number of nitrogens with zero attached hydrogens (tertiary/aromatic N) is 2. The maximum Gasteiger partial charge on any atom is 0.356 e. The average Bonchev–Trinajstić information content (AvgIpc) is 3.13. The van der Waals surface area contributed by atoms with Crippen molar-refractivity contribution >= 4 is 16.9 Å². The van der Waals surface area contributed by atoms with Gasteiger partial charge in [-0.3, -0.25) is 0 Å². The summed E-state index contributed by atoms with van der Waals surface area (Å²) in [6.45, 7) is 2.33. The molecule has 1 atom stereocenters. The smallest absolute Gasteiger partial charge is 0.356 e. The maximum absolute atomic E-state index is 13.3. The van der Waals surface area contributed by atoms with Gasteiger partial charge >= 0.3 is 5.97 Å². The fourth-order valence-corrected chi connectivity index (χ4v) is 3.49. The minimum Gasteiger partial charge on any atom is -0.461 e. The number of carbonyl (C=O) groups excluding carboxylic acids is 1. The largest absolute Gasteiger partial charge is 0.461 e. The van der Waals surface area contributed by atoms with Crippen molar-refractivity contribution < 1.29 is 23.4 Å². The normalized spacial score (nSPS) is 12.1. The van der Waals surface area contributed by atoms with Crippen LogP contribution in [0.2, 0.25) is 0 Å². The van der Waals surface area contributed by atoms with Gasteiger partial charge in [-0.05, 0) is 48.4 Å². The van der Waals surface area contributed by atoms with Crippen LogP contribution in [-0.2, 0) is 11.3 Å². The van der Waals surface area contributed by atoms with Crippen LogP contribution in [0.3, 0.4) is 0 Å². The molecule has 0 saturated heterocycles. The maximum atomic E-state index is 13.3. The van der Waals surface area contributed by atoms with Crippen molar-refractivity contribution in [3.8, 4) is 0 Å². The molecule has 4 aromatic rings. The van der Waals surface area contributed by atoms with E-state index in [1.807, 2.05) is 4.57 Å². The zero-order chi connectivity index (χ0) is 22.0. The molecule has 0 bridgehead atoms. The molecule has 5 nitrogen and oxygen atoms in total. The topological polar surface area (TPSA) is 64.3 Å². The van der Waals surface area contributed by atoms with Crippen molar-refractivity contribution in [2.45, 2.75) is 19.6 Å². The van der Waals surface area contributed by atoms with Crippen LogP contribution in [0.5, 0.6) is 0 Å². The van der Waals surface area contributed by atoms with Gasteiger partial charge in [0, 0.05) is 29.9 Å². The number of pyridine rings is 1. The Morgan fingerprint density at radius 2 is 1.74 bits per heavy atom. The third-order valence-electron chi connectivity index (χ3n) is 5.03. The second-order valence-corrected chi connectivity index (χ2v) is 7.10. The lowest BCUT2D eigenvalue weighted by atomic mass is 10.0. The summed E-state index contributed by atoms with van der Waals surface area (Å²) in [5, 5.41) is 11.6. The molecule has 158 valence electrons. The molecule has 0 aliphatic carbocycles. The Kier molecular flexibility index (Phi) is 5.77. The molecule has 0 amide bonds. The highest BCUT2D eigenvalue weighted by molar-refractivity contribution is 5.93. The van der Waals surface area contributed by atoms with E-state index in [-0.39, 0.29) is 18.1 Å². The first kappa shape index (κ1) is 20.7. The van der Waals surface area contributed by atoms with Gasteiger partial charge in [0.25, 0.3) is 0 Å². The number of rotatable bonds is 6.